The maximum atomic E-state index is 13.2. The molecule has 8 heteroatoms. The van der Waals surface area contributed by atoms with Crippen molar-refractivity contribution in [3.63, 3.8) is 0 Å². The van der Waals surface area contributed by atoms with E-state index in [0.29, 0.717) is 5.69 Å². The summed E-state index contributed by atoms with van der Waals surface area (Å²) in [6, 6.07) is 11.5. The number of amides is 1. The van der Waals surface area contributed by atoms with Gasteiger partial charge in [-0.15, -0.1) is 0 Å². The number of sulfonamides is 1. The first kappa shape index (κ1) is 18.1. The Morgan fingerprint density at radius 1 is 1.21 bits per heavy atom. The van der Waals surface area contributed by atoms with Crippen LogP contribution in [0.3, 0.4) is 0 Å². The van der Waals surface area contributed by atoms with Crippen molar-refractivity contribution in [3.05, 3.63) is 59.9 Å². The number of rotatable bonds is 6. The highest BCUT2D eigenvalue weighted by Gasteiger charge is 2.10. The number of halogens is 1. The Balaban J connectivity index is 1.89. The number of anilines is 1. The highest BCUT2D eigenvalue weighted by molar-refractivity contribution is 7.89. The zero-order valence-corrected chi connectivity index (χ0v) is 13.8. The molecule has 0 radical (unpaired) electrons. The standard InChI is InChI=1S/C16H18FN3O3S/c1-11(12-3-2-4-13(17)9-12)19-10-16(21)20-14-5-7-15(8-6-14)24(18,22)23/h2-9,11,19H,10H2,1H3,(H,20,21)(H2,18,22,23)/t11-/m0/s1. The van der Waals surface area contributed by atoms with Gasteiger partial charge in [-0.2, -0.15) is 0 Å². The van der Waals surface area contributed by atoms with Crippen LogP contribution in [0.4, 0.5) is 10.1 Å². The van der Waals surface area contributed by atoms with Gasteiger partial charge >= 0.3 is 0 Å². The summed E-state index contributed by atoms with van der Waals surface area (Å²) >= 11 is 0. The van der Waals surface area contributed by atoms with Crippen LogP contribution in [-0.2, 0) is 14.8 Å². The summed E-state index contributed by atoms with van der Waals surface area (Å²) in [6.07, 6.45) is 0. The molecule has 0 aromatic heterocycles. The molecule has 0 heterocycles. The molecular formula is C16H18FN3O3S. The number of hydrogen-bond acceptors (Lipinski definition) is 4. The fourth-order valence-electron chi connectivity index (χ4n) is 2.07. The number of carbonyl (C=O) groups excluding carboxylic acids is 1. The largest absolute Gasteiger partial charge is 0.325 e. The molecule has 1 atom stereocenters. The van der Waals surface area contributed by atoms with Gasteiger partial charge in [0.2, 0.25) is 15.9 Å². The topological polar surface area (TPSA) is 101 Å². The monoisotopic (exact) mass is 351 g/mol. The van der Waals surface area contributed by atoms with Crippen LogP contribution in [0.15, 0.2) is 53.4 Å². The molecule has 6 nitrogen and oxygen atoms in total. The number of hydrogen-bond donors (Lipinski definition) is 3. The van der Waals surface area contributed by atoms with Gasteiger partial charge in [0.05, 0.1) is 11.4 Å². The van der Waals surface area contributed by atoms with Crippen LogP contribution in [0.1, 0.15) is 18.5 Å². The quantitative estimate of drug-likeness (QED) is 0.738. The highest BCUT2D eigenvalue weighted by Crippen LogP contribution is 2.14. The predicted molar refractivity (Wildman–Crippen MR) is 89.3 cm³/mol. The van der Waals surface area contributed by atoms with Crippen molar-refractivity contribution in [3.8, 4) is 0 Å². The lowest BCUT2D eigenvalue weighted by Gasteiger charge is -2.14. The van der Waals surface area contributed by atoms with E-state index in [9.17, 15) is 17.6 Å². The van der Waals surface area contributed by atoms with Gasteiger partial charge in [0.25, 0.3) is 0 Å². The van der Waals surface area contributed by atoms with Crippen molar-refractivity contribution in [1.29, 1.82) is 0 Å². The fourth-order valence-corrected chi connectivity index (χ4v) is 2.59. The van der Waals surface area contributed by atoms with Crippen LogP contribution in [0, 0.1) is 5.82 Å². The molecule has 0 spiro atoms. The van der Waals surface area contributed by atoms with Crippen LogP contribution in [0.25, 0.3) is 0 Å². The maximum Gasteiger partial charge on any atom is 0.238 e. The van der Waals surface area contributed by atoms with Gasteiger partial charge in [-0.3, -0.25) is 4.79 Å². The van der Waals surface area contributed by atoms with Gasteiger partial charge in [-0.25, -0.2) is 17.9 Å². The van der Waals surface area contributed by atoms with Gasteiger partial charge in [-0.1, -0.05) is 12.1 Å². The van der Waals surface area contributed by atoms with Gasteiger partial charge in [0, 0.05) is 11.7 Å². The number of nitrogens with one attached hydrogen (secondary N) is 2. The molecule has 2 aromatic carbocycles. The fraction of sp³-hybridized carbons (Fsp3) is 0.188. The third-order valence-electron chi connectivity index (χ3n) is 3.38. The van der Waals surface area contributed by atoms with Crippen molar-refractivity contribution < 1.29 is 17.6 Å². The summed E-state index contributed by atoms with van der Waals surface area (Å²) in [4.78, 5) is 11.9. The second-order valence-electron chi connectivity index (χ2n) is 5.28. The molecule has 4 N–H and O–H groups in total. The van der Waals surface area contributed by atoms with Crippen LogP contribution >= 0.6 is 0 Å². The number of primary sulfonamides is 1. The highest BCUT2D eigenvalue weighted by atomic mass is 32.2. The summed E-state index contributed by atoms with van der Waals surface area (Å²) in [5.74, 6) is -0.637. The van der Waals surface area contributed by atoms with Crippen molar-refractivity contribution in [2.45, 2.75) is 17.9 Å². The Kier molecular flexibility index (Phi) is 5.66. The summed E-state index contributed by atoms with van der Waals surface area (Å²) in [7, 11) is -3.76. The lowest BCUT2D eigenvalue weighted by Crippen LogP contribution is -2.30. The van der Waals surface area contributed by atoms with E-state index in [2.05, 4.69) is 10.6 Å². The molecule has 1 amide bonds. The number of benzene rings is 2. The zero-order chi connectivity index (χ0) is 17.7. The van der Waals surface area contributed by atoms with Gasteiger partial charge in [-0.05, 0) is 48.9 Å². The zero-order valence-electron chi connectivity index (χ0n) is 13.0. The second kappa shape index (κ2) is 7.52. The summed E-state index contributed by atoms with van der Waals surface area (Å²) < 4.78 is 35.5. The molecular weight excluding hydrogens is 333 g/mol. The van der Waals surface area contributed by atoms with Crippen molar-refractivity contribution in [1.82, 2.24) is 5.32 Å². The van der Waals surface area contributed by atoms with Crippen LogP contribution in [0.5, 0.6) is 0 Å². The SMILES string of the molecule is C[C@H](NCC(=O)Nc1ccc(S(N)(=O)=O)cc1)c1cccc(F)c1. The van der Waals surface area contributed by atoms with Crippen molar-refractivity contribution in [2.24, 2.45) is 5.14 Å². The van der Waals surface area contributed by atoms with E-state index in [-0.39, 0.29) is 29.2 Å². The Hall–Kier alpha value is -2.29. The van der Waals surface area contributed by atoms with Crippen LogP contribution in [0.2, 0.25) is 0 Å². The number of nitrogens with two attached hydrogens (primary N) is 1. The molecule has 0 aliphatic rings. The van der Waals surface area contributed by atoms with E-state index >= 15 is 0 Å². The Morgan fingerprint density at radius 2 is 1.88 bits per heavy atom. The first-order valence-corrected chi connectivity index (χ1v) is 8.72. The molecule has 0 saturated heterocycles. The predicted octanol–water partition coefficient (Wildman–Crippen LogP) is 1.76. The third kappa shape index (κ3) is 5.12. The maximum absolute atomic E-state index is 13.2. The second-order valence-corrected chi connectivity index (χ2v) is 6.84. The molecule has 2 rings (SSSR count). The molecule has 24 heavy (non-hydrogen) atoms. The lowest BCUT2D eigenvalue weighted by atomic mass is 10.1. The van der Waals surface area contributed by atoms with Crippen molar-refractivity contribution >= 4 is 21.6 Å². The molecule has 0 aliphatic heterocycles. The first-order valence-electron chi connectivity index (χ1n) is 7.17. The molecule has 0 unspecified atom stereocenters. The average Bonchev–Trinajstić information content (AvgIpc) is 2.52. The minimum Gasteiger partial charge on any atom is -0.325 e. The average molecular weight is 351 g/mol. The molecule has 0 saturated carbocycles. The first-order chi connectivity index (χ1) is 11.3. The summed E-state index contributed by atoms with van der Waals surface area (Å²) in [6.45, 7) is 1.84. The van der Waals surface area contributed by atoms with E-state index in [0.717, 1.165) is 5.56 Å². The summed E-state index contributed by atoms with van der Waals surface area (Å²) in [5, 5.41) is 10.6. The van der Waals surface area contributed by atoms with E-state index in [1.807, 2.05) is 6.92 Å². The number of carbonyl (C=O) groups is 1. The molecule has 128 valence electrons. The van der Waals surface area contributed by atoms with E-state index in [4.69, 9.17) is 5.14 Å². The van der Waals surface area contributed by atoms with E-state index in [1.54, 1.807) is 12.1 Å². The Bertz CT molecular complexity index is 823. The van der Waals surface area contributed by atoms with Crippen LogP contribution < -0.4 is 15.8 Å². The minimum atomic E-state index is -3.76. The molecule has 0 fully saturated rings. The van der Waals surface area contributed by atoms with Gasteiger partial charge in [0.15, 0.2) is 0 Å². The van der Waals surface area contributed by atoms with E-state index in [1.165, 1.54) is 36.4 Å². The molecule has 2 aromatic rings. The van der Waals surface area contributed by atoms with E-state index < -0.39 is 10.0 Å². The molecule has 0 bridgehead atoms. The van der Waals surface area contributed by atoms with Crippen LogP contribution in [-0.4, -0.2) is 20.9 Å². The molecule has 0 aliphatic carbocycles. The minimum absolute atomic E-state index is 0.0224. The van der Waals surface area contributed by atoms with Gasteiger partial charge < -0.3 is 10.6 Å². The van der Waals surface area contributed by atoms with Crippen molar-refractivity contribution in [2.75, 3.05) is 11.9 Å². The Labute approximate surface area is 139 Å². The smallest absolute Gasteiger partial charge is 0.238 e. The normalized spacial score (nSPS) is 12.6. The third-order valence-corrected chi connectivity index (χ3v) is 4.31. The summed E-state index contributed by atoms with van der Waals surface area (Å²) in [5.41, 5.74) is 1.19. The van der Waals surface area contributed by atoms with Gasteiger partial charge in [0.1, 0.15) is 5.82 Å². The Morgan fingerprint density at radius 3 is 2.46 bits per heavy atom. The lowest BCUT2D eigenvalue weighted by molar-refractivity contribution is -0.115.